The van der Waals surface area contributed by atoms with Crippen molar-refractivity contribution in [3.8, 4) is 0 Å². The number of amides is 2. The first-order valence-corrected chi connectivity index (χ1v) is 7.29. The molecular weight excluding hydrogens is 250 g/mol. The fraction of sp³-hybridized carbons (Fsp3) is 0.412. The summed E-state index contributed by atoms with van der Waals surface area (Å²) in [6.45, 7) is 2.00. The van der Waals surface area contributed by atoms with Crippen molar-refractivity contribution in [1.82, 2.24) is 0 Å². The molecule has 1 aromatic rings. The minimum absolute atomic E-state index is 0.00269. The van der Waals surface area contributed by atoms with Gasteiger partial charge in [-0.05, 0) is 43.7 Å². The van der Waals surface area contributed by atoms with Gasteiger partial charge in [0, 0.05) is 0 Å². The van der Waals surface area contributed by atoms with Crippen LogP contribution < -0.4 is 4.90 Å². The fourth-order valence-electron chi connectivity index (χ4n) is 4.02. The zero-order valence-corrected chi connectivity index (χ0v) is 11.5. The van der Waals surface area contributed by atoms with Gasteiger partial charge in [-0.1, -0.05) is 29.8 Å². The first-order chi connectivity index (χ1) is 9.66. The Labute approximate surface area is 118 Å². The van der Waals surface area contributed by atoms with Crippen molar-refractivity contribution in [3.63, 3.8) is 0 Å². The summed E-state index contributed by atoms with van der Waals surface area (Å²) >= 11 is 0. The lowest BCUT2D eigenvalue weighted by Crippen LogP contribution is -2.38. The standard InChI is InChI=1S/C17H17NO2/c1-10-2-8-13(9-3-10)18-16(19)14-11-4-5-12(7-6-11)15(14)17(18)20/h2-5,8-9,11-12,14-15H,6-7H2,1H3/t11-,12-,14+,15+/m0/s1. The van der Waals surface area contributed by atoms with E-state index >= 15 is 0 Å². The molecule has 0 spiro atoms. The molecule has 0 radical (unpaired) electrons. The number of carbonyl (C=O) groups excluding carboxylic acids is 2. The molecule has 0 aromatic heterocycles. The number of anilines is 1. The van der Waals surface area contributed by atoms with E-state index in [9.17, 15) is 9.59 Å². The van der Waals surface area contributed by atoms with Gasteiger partial charge in [0.25, 0.3) is 0 Å². The largest absolute Gasteiger partial charge is 0.274 e. The van der Waals surface area contributed by atoms with E-state index in [0.29, 0.717) is 0 Å². The van der Waals surface area contributed by atoms with Crippen LogP contribution in [-0.4, -0.2) is 11.8 Å². The van der Waals surface area contributed by atoms with Gasteiger partial charge in [-0.3, -0.25) is 14.5 Å². The molecule has 2 bridgehead atoms. The maximum atomic E-state index is 12.7. The average molecular weight is 267 g/mol. The van der Waals surface area contributed by atoms with Gasteiger partial charge in [-0.2, -0.15) is 0 Å². The van der Waals surface area contributed by atoms with Crippen molar-refractivity contribution in [2.24, 2.45) is 23.7 Å². The number of imide groups is 1. The Kier molecular flexibility index (Phi) is 2.40. The van der Waals surface area contributed by atoms with Gasteiger partial charge in [0.2, 0.25) is 11.8 Å². The van der Waals surface area contributed by atoms with E-state index in [1.54, 1.807) is 0 Å². The Morgan fingerprint density at radius 1 is 0.900 bits per heavy atom. The summed E-state index contributed by atoms with van der Waals surface area (Å²) in [6.07, 6.45) is 6.39. The van der Waals surface area contributed by atoms with Crippen molar-refractivity contribution in [2.75, 3.05) is 4.90 Å². The van der Waals surface area contributed by atoms with E-state index < -0.39 is 0 Å². The van der Waals surface area contributed by atoms with E-state index in [-0.39, 0.29) is 35.5 Å². The number of hydrogen-bond donors (Lipinski definition) is 0. The molecule has 0 N–H and O–H groups in total. The van der Waals surface area contributed by atoms with Crippen LogP contribution >= 0.6 is 0 Å². The monoisotopic (exact) mass is 267 g/mol. The van der Waals surface area contributed by atoms with E-state index in [1.807, 2.05) is 31.2 Å². The zero-order chi connectivity index (χ0) is 13.9. The van der Waals surface area contributed by atoms with Crippen LogP contribution in [0, 0.1) is 30.6 Å². The van der Waals surface area contributed by atoms with Gasteiger partial charge in [0.15, 0.2) is 0 Å². The third kappa shape index (κ3) is 1.46. The second-order valence-corrected chi connectivity index (χ2v) is 6.19. The number of fused-ring (bicyclic) bond motifs is 1. The molecule has 5 rings (SSSR count). The summed E-state index contributed by atoms with van der Waals surface area (Å²) in [5, 5.41) is 0. The van der Waals surface area contributed by atoms with Gasteiger partial charge in [0.1, 0.15) is 0 Å². The number of allylic oxidation sites excluding steroid dienone is 2. The van der Waals surface area contributed by atoms with Crippen molar-refractivity contribution in [1.29, 1.82) is 0 Å². The highest BCUT2D eigenvalue weighted by atomic mass is 16.2. The number of hydrogen-bond acceptors (Lipinski definition) is 2. The quantitative estimate of drug-likeness (QED) is 0.579. The predicted octanol–water partition coefficient (Wildman–Crippen LogP) is 2.70. The van der Waals surface area contributed by atoms with E-state index in [4.69, 9.17) is 0 Å². The molecule has 1 aromatic carbocycles. The second-order valence-electron chi connectivity index (χ2n) is 6.19. The number of benzene rings is 1. The molecule has 3 heteroatoms. The van der Waals surface area contributed by atoms with Gasteiger partial charge in [-0.15, -0.1) is 0 Å². The topological polar surface area (TPSA) is 37.4 Å². The van der Waals surface area contributed by atoms with Crippen molar-refractivity contribution >= 4 is 17.5 Å². The van der Waals surface area contributed by atoms with Crippen LogP contribution in [0.4, 0.5) is 5.69 Å². The Balaban J connectivity index is 1.75. The Bertz CT molecular complexity index is 584. The van der Waals surface area contributed by atoms with Crippen LogP contribution in [0.5, 0.6) is 0 Å². The van der Waals surface area contributed by atoms with Gasteiger partial charge in [0.05, 0.1) is 17.5 Å². The molecule has 4 atom stereocenters. The molecule has 2 amide bonds. The summed E-state index contributed by atoms with van der Waals surface area (Å²) in [5.74, 6) is 0.291. The lowest BCUT2D eigenvalue weighted by atomic mass is 9.63. The van der Waals surface area contributed by atoms with Gasteiger partial charge in [-0.25, -0.2) is 0 Å². The molecule has 0 unspecified atom stereocenters. The molecule has 1 heterocycles. The summed E-state index contributed by atoms with van der Waals surface area (Å²) < 4.78 is 0. The predicted molar refractivity (Wildman–Crippen MR) is 76.0 cm³/mol. The summed E-state index contributed by atoms with van der Waals surface area (Å²) in [4.78, 5) is 26.8. The number of rotatable bonds is 1. The summed E-state index contributed by atoms with van der Waals surface area (Å²) in [7, 11) is 0. The number of carbonyl (C=O) groups is 2. The van der Waals surface area contributed by atoms with Crippen molar-refractivity contribution in [3.05, 3.63) is 42.0 Å². The number of nitrogens with zero attached hydrogens (tertiary/aromatic N) is 1. The zero-order valence-electron chi connectivity index (χ0n) is 11.5. The van der Waals surface area contributed by atoms with Crippen LogP contribution in [0.2, 0.25) is 0 Å². The molecule has 1 aliphatic heterocycles. The number of aryl methyl sites for hydroxylation is 1. The molecule has 2 fully saturated rings. The molecule has 102 valence electrons. The highest BCUT2D eigenvalue weighted by Crippen LogP contribution is 2.50. The third-order valence-electron chi connectivity index (χ3n) is 5.05. The minimum atomic E-state index is -0.118. The third-order valence-corrected chi connectivity index (χ3v) is 5.05. The van der Waals surface area contributed by atoms with E-state index in [1.165, 1.54) is 4.90 Å². The van der Waals surface area contributed by atoms with Gasteiger partial charge >= 0.3 is 0 Å². The lowest BCUT2D eigenvalue weighted by molar-refractivity contribution is -0.124. The fourth-order valence-corrected chi connectivity index (χ4v) is 4.02. The van der Waals surface area contributed by atoms with Crippen LogP contribution in [0.25, 0.3) is 0 Å². The first-order valence-electron chi connectivity index (χ1n) is 7.29. The highest BCUT2D eigenvalue weighted by Gasteiger charge is 2.56. The normalized spacial score (nSPS) is 34.8. The Hall–Kier alpha value is -1.90. The minimum Gasteiger partial charge on any atom is -0.274 e. The maximum absolute atomic E-state index is 12.7. The molecule has 3 aliphatic carbocycles. The lowest BCUT2D eigenvalue weighted by Gasteiger charge is -2.38. The van der Waals surface area contributed by atoms with Crippen molar-refractivity contribution < 1.29 is 9.59 Å². The maximum Gasteiger partial charge on any atom is 0.238 e. The van der Waals surface area contributed by atoms with E-state index in [0.717, 1.165) is 24.1 Å². The average Bonchev–Trinajstić information content (AvgIpc) is 2.76. The van der Waals surface area contributed by atoms with Crippen LogP contribution in [0.3, 0.4) is 0 Å². The van der Waals surface area contributed by atoms with Gasteiger partial charge < -0.3 is 0 Å². The smallest absolute Gasteiger partial charge is 0.238 e. The molecule has 1 saturated heterocycles. The first kappa shape index (κ1) is 11.9. The molecule has 1 saturated carbocycles. The molecule has 3 nitrogen and oxygen atoms in total. The Morgan fingerprint density at radius 3 is 1.85 bits per heavy atom. The summed E-state index contributed by atoms with van der Waals surface area (Å²) in [6, 6.07) is 7.64. The van der Waals surface area contributed by atoms with Crippen molar-refractivity contribution in [2.45, 2.75) is 19.8 Å². The molecule has 20 heavy (non-hydrogen) atoms. The van der Waals surface area contributed by atoms with Crippen LogP contribution in [-0.2, 0) is 9.59 Å². The van der Waals surface area contributed by atoms with Crippen LogP contribution in [0.15, 0.2) is 36.4 Å². The second kappa shape index (κ2) is 4.05. The van der Waals surface area contributed by atoms with E-state index in [2.05, 4.69) is 12.2 Å². The van der Waals surface area contributed by atoms with Crippen LogP contribution in [0.1, 0.15) is 18.4 Å². The molecular formula is C17H17NO2. The highest BCUT2D eigenvalue weighted by molar-refractivity contribution is 6.22. The Morgan fingerprint density at radius 2 is 1.40 bits per heavy atom. The summed E-state index contributed by atoms with van der Waals surface area (Å²) in [5.41, 5.74) is 1.85. The SMILES string of the molecule is Cc1ccc(N2C(=O)[C@H]3[C@H](C2=O)[C@H]2C=C[C@H]3CC2)cc1. The molecule has 4 aliphatic rings.